The van der Waals surface area contributed by atoms with Crippen LogP contribution in [0.15, 0.2) is 30.5 Å². The van der Waals surface area contributed by atoms with Crippen molar-refractivity contribution in [2.24, 2.45) is 0 Å². The summed E-state index contributed by atoms with van der Waals surface area (Å²) in [5, 5.41) is 17.3. The van der Waals surface area contributed by atoms with Gasteiger partial charge in [0.1, 0.15) is 5.75 Å². The van der Waals surface area contributed by atoms with Gasteiger partial charge >= 0.3 is 0 Å². The van der Waals surface area contributed by atoms with E-state index in [9.17, 15) is 9.90 Å². The third-order valence-electron chi connectivity index (χ3n) is 5.19. The Hall–Kier alpha value is -2.30. The molecule has 0 unspecified atom stereocenters. The number of amides is 1. The average molecular weight is 341 g/mol. The Labute approximate surface area is 149 Å². The Bertz CT molecular complexity index is 775. The maximum Gasteiger partial charge on any atom is 0.234 e. The zero-order chi connectivity index (χ0) is 18.2. The molecule has 1 atom stereocenters. The molecule has 1 fully saturated rings. The van der Waals surface area contributed by atoms with Crippen LogP contribution in [0.25, 0.3) is 0 Å². The molecular formula is C20H27N3O2. The molecule has 1 aliphatic carbocycles. The van der Waals surface area contributed by atoms with Crippen molar-refractivity contribution in [1.29, 1.82) is 0 Å². The van der Waals surface area contributed by atoms with Crippen LogP contribution in [0, 0.1) is 0 Å². The third kappa shape index (κ3) is 3.41. The van der Waals surface area contributed by atoms with Crippen LogP contribution in [0.1, 0.15) is 70.2 Å². The minimum absolute atomic E-state index is 0.0938. The van der Waals surface area contributed by atoms with Crippen molar-refractivity contribution in [2.45, 2.75) is 64.3 Å². The summed E-state index contributed by atoms with van der Waals surface area (Å²) in [4.78, 5) is 13.0. The first-order valence-corrected chi connectivity index (χ1v) is 9.03. The van der Waals surface area contributed by atoms with E-state index < -0.39 is 5.41 Å². The average Bonchev–Trinajstić information content (AvgIpc) is 3.34. The molecule has 134 valence electrons. The molecule has 1 saturated carbocycles. The Morgan fingerprint density at radius 3 is 2.76 bits per heavy atom. The second-order valence-corrected chi connectivity index (χ2v) is 7.55. The van der Waals surface area contributed by atoms with Crippen LogP contribution < -0.4 is 5.32 Å². The molecule has 3 rings (SSSR count). The first-order valence-electron chi connectivity index (χ1n) is 9.03. The fourth-order valence-electron chi connectivity index (χ4n) is 3.06. The lowest BCUT2D eigenvalue weighted by molar-refractivity contribution is -0.120. The van der Waals surface area contributed by atoms with Gasteiger partial charge in [-0.25, -0.2) is 0 Å². The summed E-state index contributed by atoms with van der Waals surface area (Å²) < 4.78 is 2.06. The van der Waals surface area contributed by atoms with Crippen LogP contribution in [-0.2, 0) is 10.2 Å². The van der Waals surface area contributed by atoms with E-state index in [0.29, 0.717) is 12.0 Å². The van der Waals surface area contributed by atoms with Crippen LogP contribution in [0.5, 0.6) is 5.75 Å². The topological polar surface area (TPSA) is 67.2 Å². The molecule has 1 aromatic carbocycles. The van der Waals surface area contributed by atoms with E-state index in [0.717, 1.165) is 36.2 Å². The Balaban J connectivity index is 1.87. The number of anilines is 1. The fourth-order valence-corrected chi connectivity index (χ4v) is 3.06. The number of hydrogen-bond donors (Lipinski definition) is 2. The number of nitrogens with zero attached hydrogens (tertiary/aromatic N) is 2. The molecule has 2 N–H and O–H groups in total. The lowest BCUT2D eigenvalue weighted by atomic mass is 9.83. The third-order valence-corrected chi connectivity index (χ3v) is 5.19. The van der Waals surface area contributed by atoms with E-state index >= 15 is 0 Å². The lowest BCUT2D eigenvalue weighted by Gasteiger charge is -2.24. The van der Waals surface area contributed by atoms with Crippen LogP contribution in [0.3, 0.4) is 0 Å². The zero-order valence-electron chi connectivity index (χ0n) is 15.4. The number of phenols is 1. The standard InChI is InChI=1S/C20H27N3O2/c1-5-13(2)23-18(14-9-10-14)17(12-21-23)22-19(25)20(3,4)15-7-6-8-16(24)11-15/h6-8,11-14,24H,5,9-10H2,1-4H3,(H,22,25)/t13-/m0/s1. The van der Waals surface area contributed by atoms with Crippen LogP contribution in [0.2, 0.25) is 0 Å². The van der Waals surface area contributed by atoms with Crippen molar-refractivity contribution >= 4 is 11.6 Å². The minimum atomic E-state index is -0.752. The number of phenolic OH excluding ortho intramolecular Hbond substituents is 1. The van der Waals surface area contributed by atoms with Crippen molar-refractivity contribution in [3.05, 3.63) is 41.7 Å². The quantitative estimate of drug-likeness (QED) is 0.820. The molecule has 0 saturated heterocycles. The lowest BCUT2D eigenvalue weighted by Crippen LogP contribution is -2.34. The second-order valence-electron chi connectivity index (χ2n) is 7.55. The van der Waals surface area contributed by atoms with Crippen molar-refractivity contribution in [3.63, 3.8) is 0 Å². The molecule has 5 heteroatoms. The number of carbonyl (C=O) groups is 1. The van der Waals surface area contributed by atoms with Gasteiger partial charge < -0.3 is 10.4 Å². The smallest absolute Gasteiger partial charge is 0.234 e. The number of benzene rings is 1. The van der Waals surface area contributed by atoms with Gasteiger partial charge in [0.05, 0.1) is 23.0 Å². The van der Waals surface area contributed by atoms with E-state index in [4.69, 9.17) is 0 Å². The van der Waals surface area contributed by atoms with Gasteiger partial charge in [0.2, 0.25) is 5.91 Å². The van der Waals surface area contributed by atoms with Crippen molar-refractivity contribution < 1.29 is 9.90 Å². The number of nitrogens with one attached hydrogen (secondary N) is 1. The maximum atomic E-state index is 13.0. The summed E-state index contributed by atoms with van der Waals surface area (Å²) in [5.41, 5.74) is 2.00. The second kappa shape index (κ2) is 6.54. The highest BCUT2D eigenvalue weighted by Gasteiger charge is 2.35. The van der Waals surface area contributed by atoms with E-state index in [1.54, 1.807) is 24.4 Å². The summed E-state index contributed by atoms with van der Waals surface area (Å²) >= 11 is 0. The van der Waals surface area contributed by atoms with Gasteiger partial charge in [-0.15, -0.1) is 0 Å². The highest BCUT2D eigenvalue weighted by molar-refractivity contribution is 5.99. The summed E-state index contributed by atoms with van der Waals surface area (Å²) in [5.74, 6) is 0.570. The largest absolute Gasteiger partial charge is 0.508 e. The summed E-state index contributed by atoms with van der Waals surface area (Å²) in [6.45, 7) is 8.04. The van der Waals surface area contributed by atoms with Crippen molar-refractivity contribution in [2.75, 3.05) is 5.32 Å². The van der Waals surface area contributed by atoms with E-state index in [2.05, 4.69) is 28.9 Å². The van der Waals surface area contributed by atoms with Gasteiger partial charge in [-0.3, -0.25) is 9.48 Å². The predicted octanol–water partition coefficient (Wildman–Crippen LogP) is 4.35. The molecule has 1 aromatic heterocycles. The minimum Gasteiger partial charge on any atom is -0.508 e. The van der Waals surface area contributed by atoms with Crippen molar-refractivity contribution in [3.8, 4) is 5.75 Å². The van der Waals surface area contributed by atoms with Gasteiger partial charge in [0.25, 0.3) is 0 Å². The number of hydrogen-bond acceptors (Lipinski definition) is 3. The van der Waals surface area contributed by atoms with E-state index in [1.807, 2.05) is 19.9 Å². The molecule has 25 heavy (non-hydrogen) atoms. The highest BCUT2D eigenvalue weighted by atomic mass is 16.3. The van der Waals surface area contributed by atoms with Crippen molar-refractivity contribution in [1.82, 2.24) is 9.78 Å². The molecule has 1 heterocycles. The van der Waals surface area contributed by atoms with Crippen LogP contribution in [0.4, 0.5) is 5.69 Å². The number of carbonyl (C=O) groups excluding carboxylic acids is 1. The van der Waals surface area contributed by atoms with Gasteiger partial charge in [-0.2, -0.15) is 5.10 Å². The SMILES string of the molecule is CC[C@H](C)n1ncc(NC(=O)C(C)(C)c2cccc(O)c2)c1C1CC1. The normalized spacial score (nSPS) is 15.8. The number of aromatic nitrogens is 2. The Morgan fingerprint density at radius 1 is 1.44 bits per heavy atom. The zero-order valence-corrected chi connectivity index (χ0v) is 15.4. The molecule has 2 aromatic rings. The monoisotopic (exact) mass is 341 g/mol. The molecule has 5 nitrogen and oxygen atoms in total. The Morgan fingerprint density at radius 2 is 2.16 bits per heavy atom. The molecule has 0 aliphatic heterocycles. The number of aromatic hydroxyl groups is 1. The number of rotatable bonds is 6. The molecule has 0 radical (unpaired) electrons. The fraction of sp³-hybridized carbons (Fsp3) is 0.500. The first kappa shape index (κ1) is 17.5. The highest BCUT2D eigenvalue weighted by Crippen LogP contribution is 2.44. The molecular weight excluding hydrogens is 314 g/mol. The summed E-state index contributed by atoms with van der Waals surface area (Å²) in [7, 11) is 0. The van der Waals surface area contributed by atoms with E-state index in [-0.39, 0.29) is 11.7 Å². The van der Waals surface area contributed by atoms with Gasteiger partial charge in [-0.1, -0.05) is 19.1 Å². The van der Waals surface area contributed by atoms with Gasteiger partial charge in [0, 0.05) is 12.0 Å². The van der Waals surface area contributed by atoms with E-state index in [1.165, 1.54) is 0 Å². The summed E-state index contributed by atoms with van der Waals surface area (Å²) in [6.07, 6.45) is 5.09. The first-order chi connectivity index (χ1) is 11.8. The van der Waals surface area contributed by atoms with Crippen LogP contribution >= 0.6 is 0 Å². The van der Waals surface area contributed by atoms with Gasteiger partial charge in [-0.05, 0) is 57.7 Å². The summed E-state index contributed by atoms with van der Waals surface area (Å²) in [6, 6.07) is 7.20. The van der Waals surface area contributed by atoms with Crippen LogP contribution in [-0.4, -0.2) is 20.8 Å². The molecule has 1 amide bonds. The molecule has 0 bridgehead atoms. The molecule has 0 spiro atoms. The predicted molar refractivity (Wildman–Crippen MR) is 99.0 cm³/mol. The molecule has 1 aliphatic rings. The maximum absolute atomic E-state index is 13.0. The van der Waals surface area contributed by atoms with Gasteiger partial charge in [0.15, 0.2) is 0 Å². The Kier molecular flexibility index (Phi) is 4.58.